The third-order valence-corrected chi connectivity index (χ3v) is 5.47. The summed E-state index contributed by atoms with van der Waals surface area (Å²) in [6, 6.07) is 15.6. The van der Waals surface area contributed by atoms with Gasteiger partial charge in [0.15, 0.2) is 0 Å². The van der Waals surface area contributed by atoms with Gasteiger partial charge < -0.3 is 9.67 Å². The van der Waals surface area contributed by atoms with E-state index in [0.29, 0.717) is 5.56 Å². The first-order chi connectivity index (χ1) is 13.6. The van der Waals surface area contributed by atoms with Crippen molar-refractivity contribution in [2.75, 3.05) is 6.54 Å². The molecule has 1 aliphatic heterocycles. The molecule has 0 aliphatic carbocycles. The van der Waals surface area contributed by atoms with Gasteiger partial charge in [-0.3, -0.25) is 4.90 Å². The van der Waals surface area contributed by atoms with Crippen molar-refractivity contribution in [3.05, 3.63) is 71.8 Å². The van der Waals surface area contributed by atoms with Gasteiger partial charge in [-0.2, -0.15) is 0 Å². The van der Waals surface area contributed by atoms with E-state index in [1.54, 1.807) is 18.5 Å². The summed E-state index contributed by atoms with van der Waals surface area (Å²) in [6.45, 7) is 1.89. The van der Waals surface area contributed by atoms with Crippen molar-refractivity contribution in [1.29, 1.82) is 0 Å². The molecule has 1 aliphatic rings. The number of aromatic carboxylic acids is 1. The molecule has 0 spiro atoms. The summed E-state index contributed by atoms with van der Waals surface area (Å²) in [6.07, 6.45) is 5.25. The minimum absolute atomic E-state index is 0.286. The highest BCUT2D eigenvalue weighted by molar-refractivity contribution is 5.95. The molecule has 6 heteroatoms. The highest BCUT2D eigenvalue weighted by Crippen LogP contribution is 2.31. The van der Waals surface area contributed by atoms with Crippen LogP contribution < -0.4 is 0 Å². The molecule has 2 heterocycles. The number of nitrogens with zero attached hydrogens (tertiary/aromatic N) is 4. The third kappa shape index (κ3) is 3.68. The molecule has 0 saturated carbocycles. The number of carbonyl (C=O) groups is 1. The van der Waals surface area contributed by atoms with Gasteiger partial charge in [0, 0.05) is 13.6 Å². The van der Waals surface area contributed by atoms with Gasteiger partial charge in [-0.05, 0) is 42.1 Å². The number of aromatic nitrogens is 3. The third-order valence-electron chi connectivity index (χ3n) is 5.47. The van der Waals surface area contributed by atoms with Crippen LogP contribution in [0.25, 0.3) is 11.1 Å². The Hall–Kier alpha value is -2.99. The number of piperidine rings is 1. The van der Waals surface area contributed by atoms with E-state index in [9.17, 15) is 9.90 Å². The molecule has 6 nitrogen and oxygen atoms in total. The van der Waals surface area contributed by atoms with E-state index in [0.717, 1.165) is 36.5 Å². The molecule has 28 heavy (non-hydrogen) atoms. The molecule has 0 amide bonds. The Bertz CT molecular complexity index is 965. The Morgan fingerprint density at radius 3 is 2.64 bits per heavy atom. The van der Waals surface area contributed by atoms with Gasteiger partial charge >= 0.3 is 5.97 Å². The first kappa shape index (κ1) is 18.4. The van der Waals surface area contributed by atoms with Crippen LogP contribution in [0.1, 0.15) is 47.1 Å². The van der Waals surface area contributed by atoms with Gasteiger partial charge in [0.25, 0.3) is 0 Å². The lowest BCUT2D eigenvalue weighted by Gasteiger charge is -2.35. The smallest absolute Gasteiger partial charge is 0.336 e. The number of rotatable bonds is 5. The van der Waals surface area contributed by atoms with Crippen molar-refractivity contribution in [2.45, 2.75) is 31.8 Å². The highest BCUT2D eigenvalue weighted by atomic mass is 16.4. The number of hydrogen-bond donors (Lipinski definition) is 1. The summed E-state index contributed by atoms with van der Waals surface area (Å²) in [5.74, 6) is 0.117. The van der Waals surface area contributed by atoms with Crippen molar-refractivity contribution < 1.29 is 9.90 Å². The fourth-order valence-corrected chi connectivity index (χ4v) is 4.01. The van der Waals surface area contributed by atoms with E-state index >= 15 is 0 Å². The van der Waals surface area contributed by atoms with Crippen molar-refractivity contribution >= 4 is 5.97 Å². The standard InChI is InChI=1S/C22H24N4O2/c1-25-15-23-24-21(25)20-8-4-5-13-26(20)14-16-9-11-17(12-10-16)18-6-2-3-7-19(18)22(27)28/h2-3,6-7,9-12,15,20H,4-5,8,13-14H2,1H3,(H,27,28)/t20-/m0/s1. The van der Waals surface area contributed by atoms with Crippen LogP contribution in [0.3, 0.4) is 0 Å². The number of benzene rings is 2. The maximum Gasteiger partial charge on any atom is 0.336 e. The molecule has 144 valence electrons. The molecule has 1 saturated heterocycles. The first-order valence-electron chi connectivity index (χ1n) is 9.63. The average Bonchev–Trinajstić information content (AvgIpc) is 3.15. The molecule has 0 bridgehead atoms. The number of hydrogen-bond acceptors (Lipinski definition) is 4. The normalized spacial score (nSPS) is 17.5. The predicted octanol–water partition coefficient (Wildman–Crippen LogP) is 3.91. The average molecular weight is 376 g/mol. The van der Waals surface area contributed by atoms with Crippen LogP contribution in [0.4, 0.5) is 0 Å². The second-order valence-electron chi connectivity index (χ2n) is 7.33. The first-order valence-corrected chi connectivity index (χ1v) is 9.63. The molecule has 1 N–H and O–H groups in total. The molecule has 1 atom stereocenters. The van der Waals surface area contributed by atoms with Gasteiger partial charge in [0.1, 0.15) is 12.2 Å². The molecule has 3 aromatic rings. The number of carboxylic acid groups (broad SMARTS) is 1. The largest absolute Gasteiger partial charge is 0.478 e. The molecule has 2 aromatic carbocycles. The van der Waals surface area contributed by atoms with Crippen LogP contribution >= 0.6 is 0 Å². The van der Waals surface area contributed by atoms with Crippen molar-refractivity contribution in [3.8, 4) is 11.1 Å². The molecule has 0 radical (unpaired) electrons. The molecule has 4 rings (SSSR count). The van der Waals surface area contributed by atoms with E-state index in [-0.39, 0.29) is 6.04 Å². The summed E-state index contributed by atoms with van der Waals surface area (Å²) in [4.78, 5) is 13.9. The fraction of sp³-hybridized carbons (Fsp3) is 0.318. The van der Waals surface area contributed by atoms with Crippen molar-refractivity contribution in [1.82, 2.24) is 19.7 Å². The number of carboxylic acids is 1. The zero-order chi connectivity index (χ0) is 19.5. The lowest BCUT2D eigenvalue weighted by molar-refractivity contribution is 0.0697. The van der Waals surface area contributed by atoms with Crippen molar-refractivity contribution in [3.63, 3.8) is 0 Å². The lowest BCUT2D eigenvalue weighted by Crippen LogP contribution is -2.34. The molecular weight excluding hydrogens is 352 g/mol. The lowest BCUT2D eigenvalue weighted by atomic mass is 9.97. The van der Waals surface area contributed by atoms with Crippen LogP contribution in [-0.4, -0.2) is 37.3 Å². The monoisotopic (exact) mass is 376 g/mol. The summed E-state index contributed by atoms with van der Waals surface area (Å²) in [7, 11) is 2.00. The Balaban J connectivity index is 1.54. The second kappa shape index (κ2) is 7.94. The Labute approximate surface area is 164 Å². The van der Waals surface area contributed by atoms with Gasteiger partial charge in [-0.1, -0.05) is 48.9 Å². The summed E-state index contributed by atoms with van der Waals surface area (Å²) in [5, 5.41) is 17.8. The predicted molar refractivity (Wildman–Crippen MR) is 107 cm³/mol. The van der Waals surface area contributed by atoms with E-state index in [2.05, 4.69) is 27.2 Å². The minimum atomic E-state index is -0.903. The van der Waals surface area contributed by atoms with Gasteiger partial charge in [0.05, 0.1) is 11.6 Å². The fourth-order valence-electron chi connectivity index (χ4n) is 4.01. The van der Waals surface area contributed by atoms with E-state index < -0.39 is 5.97 Å². The summed E-state index contributed by atoms with van der Waals surface area (Å²) in [5.41, 5.74) is 3.21. The Kier molecular flexibility index (Phi) is 5.21. The SMILES string of the molecule is Cn1cnnc1[C@@H]1CCCCN1Cc1ccc(-c2ccccc2C(=O)O)cc1. The maximum absolute atomic E-state index is 11.5. The van der Waals surface area contributed by atoms with Gasteiger partial charge in [0.2, 0.25) is 0 Å². The van der Waals surface area contributed by atoms with E-state index in [1.165, 1.54) is 18.4 Å². The molecule has 1 fully saturated rings. The Morgan fingerprint density at radius 1 is 1.14 bits per heavy atom. The van der Waals surface area contributed by atoms with Crippen molar-refractivity contribution in [2.24, 2.45) is 7.05 Å². The van der Waals surface area contributed by atoms with Gasteiger partial charge in [-0.25, -0.2) is 4.79 Å². The Morgan fingerprint density at radius 2 is 1.93 bits per heavy atom. The molecule has 1 aromatic heterocycles. The van der Waals surface area contributed by atoms with Crippen LogP contribution in [0.2, 0.25) is 0 Å². The van der Waals surface area contributed by atoms with E-state index in [4.69, 9.17) is 0 Å². The minimum Gasteiger partial charge on any atom is -0.478 e. The zero-order valence-corrected chi connectivity index (χ0v) is 16.0. The van der Waals surface area contributed by atoms with Crippen LogP contribution in [0.15, 0.2) is 54.9 Å². The van der Waals surface area contributed by atoms with E-state index in [1.807, 2.05) is 35.9 Å². The van der Waals surface area contributed by atoms with Gasteiger partial charge in [-0.15, -0.1) is 10.2 Å². The van der Waals surface area contributed by atoms with Crippen LogP contribution in [0, 0.1) is 0 Å². The summed E-state index contributed by atoms with van der Waals surface area (Å²) >= 11 is 0. The zero-order valence-electron chi connectivity index (χ0n) is 16.0. The highest BCUT2D eigenvalue weighted by Gasteiger charge is 2.27. The van der Waals surface area contributed by atoms with Crippen LogP contribution in [-0.2, 0) is 13.6 Å². The maximum atomic E-state index is 11.5. The number of likely N-dealkylation sites (tertiary alicyclic amines) is 1. The quantitative estimate of drug-likeness (QED) is 0.731. The molecule has 0 unspecified atom stereocenters. The molecular formula is C22H24N4O2. The second-order valence-corrected chi connectivity index (χ2v) is 7.33. The number of aryl methyl sites for hydroxylation is 1. The topological polar surface area (TPSA) is 71.2 Å². The summed E-state index contributed by atoms with van der Waals surface area (Å²) < 4.78 is 2.01. The van der Waals surface area contributed by atoms with Crippen LogP contribution in [0.5, 0.6) is 0 Å².